The molecule has 1 aromatic heterocycles. The topological polar surface area (TPSA) is 68.6 Å². The number of nitrogens with zero attached hydrogens (tertiary/aromatic N) is 3. The van der Waals surface area contributed by atoms with Crippen LogP contribution in [0.25, 0.3) is 0 Å². The molecule has 1 amide bonds. The van der Waals surface area contributed by atoms with E-state index in [4.69, 9.17) is 14.5 Å². The van der Waals surface area contributed by atoms with Gasteiger partial charge in [0, 0.05) is 31.2 Å². The van der Waals surface area contributed by atoms with Gasteiger partial charge in [0.2, 0.25) is 0 Å². The Labute approximate surface area is 193 Å². The third-order valence-electron chi connectivity index (χ3n) is 6.21. The number of nitrogens with one attached hydrogen (secondary N) is 1. The van der Waals surface area contributed by atoms with Crippen molar-refractivity contribution in [3.05, 3.63) is 52.6 Å². The molecule has 9 heteroatoms. The fourth-order valence-corrected chi connectivity index (χ4v) is 4.80. The molecular weight excluding hydrogens is 430 g/mol. The van der Waals surface area contributed by atoms with Crippen molar-refractivity contribution in [3.8, 4) is 0 Å². The lowest BCUT2D eigenvalue weighted by molar-refractivity contribution is -0.0630. The summed E-state index contributed by atoms with van der Waals surface area (Å²) in [5.41, 5.74) is 1.67. The van der Waals surface area contributed by atoms with Crippen LogP contribution in [0.5, 0.6) is 0 Å². The first-order valence-electron chi connectivity index (χ1n) is 11.4. The normalized spacial score (nSPS) is 23.4. The molecule has 3 atom stereocenters. The Kier molecular flexibility index (Phi) is 6.46. The Morgan fingerprint density at radius 1 is 1.30 bits per heavy atom. The van der Waals surface area contributed by atoms with Crippen LogP contribution in [0.3, 0.4) is 0 Å². The van der Waals surface area contributed by atoms with Crippen LogP contribution in [-0.2, 0) is 29.1 Å². The lowest BCUT2D eigenvalue weighted by Crippen LogP contribution is -2.52. The van der Waals surface area contributed by atoms with E-state index in [1.165, 1.54) is 5.69 Å². The molecule has 0 saturated carbocycles. The summed E-state index contributed by atoms with van der Waals surface area (Å²) in [6.45, 7) is 12.0. The number of alkyl carbamates (subject to hydrolysis) is 1. The van der Waals surface area contributed by atoms with E-state index in [0.29, 0.717) is 19.6 Å². The fourth-order valence-electron chi connectivity index (χ4n) is 4.80. The summed E-state index contributed by atoms with van der Waals surface area (Å²) in [7, 11) is 0. The summed E-state index contributed by atoms with van der Waals surface area (Å²) in [4.78, 5) is 19.5. The van der Waals surface area contributed by atoms with Gasteiger partial charge in [0.1, 0.15) is 29.2 Å². The van der Waals surface area contributed by atoms with Crippen molar-refractivity contribution >= 4 is 6.09 Å². The molecule has 180 valence electrons. The minimum atomic E-state index is -0.820. The molecule has 4 rings (SSSR count). The Morgan fingerprint density at radius 3 is 2.76 bits per heavy atom. The zero-order valence-electron chi connectivity index (χ0n) is 19.8. The molecular formula is C24H32F2N4O3. The number of fused-ring (bicyclic) bond motifs is 1. The Balaban J connectivity index is 1.54. The summed E-state index contributed by atoms with van der Waals surface area (Å²) >= 11 is 0. The highest BCUT2D eigenvalue weighted by Gasteiger charge is 2.40. The largest absolute Gasteiger partial charge is 0.444 e. The predicted molar refractivity (Wildman–Crippen MR) is 118 cm³/mol. The number of carbonyl (C=O) groups excluding carboxylic acids is 1. The number of hydrogen-bond donors (Lipinski definition) is 1. The molecule has 0 radical (unpaired) electrons. The van der Waals surface area contributed by atoms with Crippen LogP contribution in [-0.4, -0.2) is 44.8 Å². The fraction of sp³-hybridized carbons (Fsp3) is 0.583. The monoisotopic (exact) mass is 462 g/mol. The lowest BCUT2D eigenvalue weighted by Gasteiger charge is -2.40. The number of carbonyl (C=O) groups is 1. The molecule has 0 spiro atoms. The molecule has 0 bridgehead atoms. The van der Waals surface area contributed by atoms with E-state index >= 15 is 0 Å². The number of amides is 1. The maximum absolute atomic E-state index is 14.6. The molecule has 2 aliphatic heterocycles. The van der Waals surface area contributed by atoms with Gasteiger partial charge in [0.15, 0.2) is 0 Å². The first-order chi connectivity index (χ1) is 15.6. The van der Waals surface area contributed by atoms with Crippen LogP contribution in [0.1, 0.15) is 63.0 Å². The van der Waals surface area contributed by atoms with Crippen molar-refractivity contribution in [2.24, 2.45) is 0 Å². The maximum Gasteiger partial charge on any atom is 0.407 e. The first-order valence-corrected chi connectivity index (χ1v) is 11.4. The Morgan fingerprint density at radius 2 is 2.06 bits per heavy atom. The molecule has 1 fully saturated rings. The van der Waals surface area contributed by atoms with Crippen LogP contribution in [0, 0.1) is 18.6 Å². The zero-order valence-corrected chi connectivity index (χ0v) is 19.8. The van der Waals surface area contributed by atoms with Gasteiger partial charge in [-0.1, -0.05) is 0 Å². The molecule has 33 heavy (non-hydrogen) atoms. The third-order valence-corrected chi connectivity index (χ3v) is 6.21. The molecule has 3 heterocycles. The summed E-state index contributed by atoms with van der Waals surface area (Å²) in [5, 5.41) is 2.85. The van der Waals surface area contributed by atoms with Gasteiger partial charge in [-0.3, -0.25) is 4.90 Å². The van der Waals surface area contributed by atoms with E-state index in [2.05, 4.69) is 21.7 Å². The molecule has 1 aromatic carbocycles. The van der Waals surface area contributed by atoms with Crippen molar-refractivity contribution in [2.45, 2.75) is 84.5 Å². The first kappa shape index (κ1) is 23.6. The van der Waals surface area contributed by atoms with Crippen LogP contribution < -0.4 is 5.32 Å². The average molecular weight is 463 g/mol. The third kappa shape index (κ3) is 5.04. The summed E-state index contributed by atoms with van der Waals surface area (Å²) < 4.78 is 42.2. The molecule has 0 aliphatic carbocycles. The number of imidazole rings is 1. The summed E-state index contributed by atoms with van der Waals surface area (Å²) in [5.74, 6) is -0.115. The highest BCUT2D eigenvalue weighted by Crippen LogP contribution is 2.35. The predicted octanol–water partition coefficient (Wildman–Crippen LogP) is 4.23. The molecule has 2 aromatic rings. The van der Waals surface area contributed by atoms with Crippen LogP contribution in [0.2, 0.25) is 0 Å². The number of halogens is 2. The number of aryl methyl sites for hydroxylation is 1. The summed E-state index contributed by atoms with van der Waals surface area (Å²) in [6, 6.07) is 2.68. The zero-order chi connectivity index (χ0) is 23.9. The second-order valence-electron chi connectivity index (χ2n) is 9.76. The van der Waals surface area contributed by atoms with Gasteiger partial charge < -0.3 is 19.4 Å². The molecule has 7 nitrogen and oxygen atoms in total. The lowest BCUT2D eigenvalue weighted by atomic mass is 9.92. The highest BCUT2D eigenvalue weighted by atomic mass is 19.1. The second-order valence-corrected chi connectivity index (χ2v) is 9.76. The molecule has 2 aliphatic rings. The standard InChI is InChI=1S/C24H32F2N4O3/c1-6-30-14(2)27-20-11-29(12-21(20)30)16-10-19(28-23(31)33-24(3,4)5)22(32-13-16)17-9-15(25)7-8-18(17)26/h7-9,16,19,22H,6,10-13H2,1-5H3,(H,28,31)/t16?,19?,22-/m1/s1. The van der Waals surface area contributed by atoms with Gasteiger partial charge in [-0.15, -0.1) is 0 Å². The van der Waals surface area contributed by atoms with Gasteiger partial charge >= 0.3 is 6.09 Å². The quantitative estimate of drug-likeness (QED) is 0.737. The van der Waals surface area contributed by atoms with Gasteiger partial charge in [-0.25, -0.2) is 18.6 Å². The van der Waals surface area contributed by atoms with E-state index in [0.717, 1.165) is 42.8 Å². The van der Waals surface area contributed by atoms with Gasteiger partial charge in [-0.2, -0.15) is 0 Å². The molecule has 1 N–H and O–H groups in total. The Hall–Kier alpha value is -2.52. The minimum Gasteiger partial charge on any atom is -0.444 e. The van der Waals surface area contributed by atoms with Gasteiger partial charge in [0.05, 0.1) is 24.0 Å². The van der Waals surface area contributed by atoms with E-state index in [1.54, 1.807) is 20.8 Å². The average Bonchev–Trinajstić information content (AvgIpc) is 3.25. The van der Waals surface area contributed by atoms with Crippen molar-refractivity contribution in [3.63, 3.8) is 0 Å². The van der Waals surface area contributed by atoms with Crippen LogP contribution in [0.4, 0.5) is 13.6 Å². The van der Waals surface area contributed by atoms with E-state index in [-0.39, 0.29) is 11.6 Å². The number of hydrogen-bond acceptors (Lipinski definition) is 5. The number of aromatic nitrogens is 2. The van der Waals surface area contributed by atoms with Crippen molar-refractivity contribution in [1.29, 1.82) is 0 Å². The Bertz CT molecular complexity index is 1030. The maximum atomic E-state index is 14.6. The van der Waals surface area contributed by atoms with Gasteiger partial charge in [0.25, 0.3) is 0 Å². The van der Waals surface area contributed by atoms with E-state index in [1.807, 2.05) is 6.92 Å². The van der Waals surface area contributed by atoms with Crippen molar-refractivity contribution < 1.29 is 23.0 Å². The van der Waals surface area contributed by atoms with Crippen molar-refractivity contribution in [1.82, 2.24) is 19.8 Å². The van der Waals surface area contributed by atoms with Crippen LogP contribution in [0.15, 0.2) is 18.2 Å². The number of ether oxygens (including phenoxy) is 2. The smallest absolute Gasteiger partial charge is 0.407 e. The van der Waals surface area contributed by atoms with Crippen LogP contribution >= 0.6 is 0 Å². The van der Waals surface area contributed by atoms with E-state index in [9.17, 15) is 13.6 Å². The number of rotatable bonds is 4. The summed E-state index contributed by atoms with van der Waals surface area (Å²) in [6.07, 6.45) is -0.924. The second kappa shape index (κ2) is 9.02. The van der Waals surface area contributed by atoms with Crippen molar-refractivity contribution in [2.75, 3.05) is 6.61 Å². The number of benzene rings is 1. The molecule has 1 saturated heterocycles. The van der Waals surface area contributed by atoms with E-state index < -0.39 is 35.5 Å². The SMILES string of the molecule is CCn1c(C)nc2c1CN(C1CO[C@H](c3cc(F)ccc3F)C(NC(=O)OC(C)(C)C)C1)C2. The highest BCUT2D eigenvalue weighted by molar-refractivity contribution is 5.68. The van der Waals surface area contributed by atoms with Gasteiger partial charge in [-0.05, 0) is 59.2 Å². The minimum absolute atomic E-state index is 0.0161. The molecule has 2 unspecified atom stereocenters.